The molecule has 1 aliphatic carbocycles. The van der Waals surface area contributed by atoms with Gasteiger partial charge in [0.05, 0.1) is 11.8 Å². The number of carboxylic acid groups (broad SMARTS) is 1. The van der Waals surface area contributed by atoms with Crippen molar-refractivity contribution in [2.24, 2.45) is 5.92 Å². The highest BCUT2D eigenvalue weighted by molar-refractivity contribution is 5.87. The molecule has 1 amide bonds. The van der Waals surface area contributed by atoms with Gasteiger partial charge in [-0.2, -0.15) is 5.10 Å². The van der Waals surface area contributed by atoms with E-state index in [9.17, 15) is 9.59 Å². The third kappa shape index (κ3) is 7.59. The van der Waals surface area contributed by atoms with Crippen LogP contribution in [0.2, 0.25) is 0 Å². The highest BCUT2D eigenvalue weighted by Gasteiger charge is 2.47. The van der Waals surface area contributed by atoms with E-state index in [0.717, 1.165) is 58.3 Å². The van der Waals surface area contributed by atoms with Gasteiger partial charge in [-0.3, -0.25) is 4.68 Å². The van der Waals surface area contributed by atoms with Crippen LogP contribution in [0.15, 0.2) is 36.7 Å². The molecule has 2 atom stereocenters. The Morgan fingerprint density at radius 3 is 2.42 bits per heavy atom. The lowest BCUT2D eigenvalue weighted by molar-refractivity contribution is 0.0171. The van der Waals surface area contributed by atoms with Gasteiger partial charge in [-0.25, -0.2) is 9.59 Å². The Labute approximate surface area is 226 Å². The fourth-order valence-corrected chi connectivity index (χ4v) is 5.37. The van der Waals surface area contributed by atoms with E-state index in [1.807, 2.05) is 48.7 Å². The Bertz CT molecular complexity index is 1080. The second kappa shape index (κ2) is 11.9. The summed E-state index contributed by atoms with van der Waals surface area (Å²) in [6.45, 7) is 13.9. The van der Waals surface area contributed by atoms with Crippen LogP contribution >= 0.6 is 0 Å². The summed E-state index contributed by atoms with van der Waals surface area (Å²) in [7, 11) is 0. The lowest BCUT2D eigenvalue weighted by atomic mass is 9.95. The topological polar surface area (TPSA) is 87.9 Å². The molecule has 0 spiro atoms. The first-order valence-corrected chi connectivity index (χ1v) is 14.1. The second-order valence-corrected chi connectivity index (χ2v) is 12.3. The number of aromatic nitrogens is 2. The van der Waals surface area contributed by atoms with Gasteiger partial charge in [-0.15, -0.1) is 0 Å². The molecular weight excluding hydrogens is 480 g/mol. The second-order valence-electron chi connectivity index (χ2n) is 12.3. The number of piperidine rings is 1. The molecule has 38 heavy (non-hydrogen) atoms. The molecule has 1 aliphatic heterocycles. The van der Waals surface area contributed by atoms with Crippen molar-refractivity contribution in [1.82, 2.24) is 19.6 Å². The summed E-state index contributed by atoms with van der Waals surface area (Å²) < 4.78 is 7.82. The Morgan fingerprint density at radius 1 is 1.16 bits per heavy atom. The van der Waals surface area contributed by atoms with Crippen LogP contribution in [0.1, 0.15) is 93.7 Å². The fraction of sp³-hybridized carbons (Fsp3) is 0.633. The van der Waals surface area contributed by atoms with Crippen molar-refractivity contribution in [3.05, 3.63) is 53.3 Å². The number of amides is 1. The normalized spacial score (nSPS) is 20.5. The number of aromatic carboxylic acids is 1. The van der Waals surface area contributed by atoms with Gasteiger partial charge in [0, 0.05) is 30.7 Å². The van der Waals surface area contributed by atoms with Gasteiger partial charge in [0.1, 0.15) is 5.60 Å². The van der Waals surface area contributed by atoms with Crippen LogP contribution in [0, 0.1) is 5.92 Å². The highest BCUT2D eigenvalue weighted by atomic mass is 16.6. The molecular formula is C30H44N4O4. The maximum absolute atomic E-state index is 13.2. The molecule has 1 aromatic carbocycles. The summed E-state index contributed by atoms with van der Waals surface area (Å²) in [6, 6.07) is 7.70. The van der Waals surface area contributed by atoms with Gasteiger partial charge < -0.3 is 19.6 Å². The molecule has 1 aromatic heterocycles. The van der Waals surface area contributed by atoms with E-state index in [1.54, 1.807) is 12.1 Å². The molecule has 1 saturated heterocycles. The van der Waals surface area contributed by atoms with Gasteiger partial charge >= 0.3 is 12.1 Å². The minimum atomic E-state index is -0.885. The summed E-state index contributed by atoms with van der Waals surface area (Å²) in [5.74, 6) is -0.0780. The van der Waals surface area contributed by atoms with Crippen LogP contribution in [-0.2, 0) is 11.2 Å². The molecule has 2 aliphatic rings. The van der Waals surface area contributed by atoms with E-state index in [1.165, 1.54) is 11.1 Å². The number of likely N-dealkylation sites (tertiary alicyclic amines) is 1. The van der Waals surface area contributed by atoms with Crippen LogP contribution in [0.4, 0.5) is 4.79 Å². The van der Waals surface area contributed by atoms with Crippen LogP contribution in [0.5, 0.6) is 0 Å². The molecule has 208 valence electrons. The maximum atomic E-state index is 13.2. The molecule has 1 N–H and O–H groups in total. The molecule has 2 unspecified atom stereocenters. The predicted molar refractivity (Wildman–Crippen MR) is 148 cm³/mol. The van der Waals surface area contributed by atoms with Gasteiger partial charge in [-0.05, 0) is 116 Å². The van der Waals surface area contributed by atoms with E-state index < -0.39 is 11.6 Å². The van der Waals surface area contributed by atoms with Gasteiger partial charge in [0.2, 0.25) is 0 Å². The van der Waals surface area contributed by atoms with Crippen molar-refractivity contribution in [2.45, 2.75) is 90.3 Å². The minimum Gasteiger partial charge on any atom is -0.478 e. The van der Waals surface area contributed by atoms with Gasteiger partial charge in [0.25, 0.3) is 0 Å². The van der Waals surface area contributed by atoms with Crippen molar-refractivity contribution in [3.63, 3.8) is 0 Å². The van der Waals surface area contributed by atoms with Gasteiger partial charge in [0.15, 0.2) is 0 Å². The molecule has 2 fully saturated rings. The summed E-state index contributed by atoms with van der Waals surface area (Å²) in [4.78, 5) is 28.8. The highest BCUT2D eigenvalue weighted by Crippen LogP contribution is 2.45. The molecule has 4 rings (SSSR count). The van der Waals surface area contributed by atoms with E-state index in [4.69, 9.17) is 9.84 Å². The monoisotopic (exact) mass is 524 g/mol. The van der Waals surface area contributed by atoms with E-state index in [0.29, 0.717) is 23.4 Å². The zero-order chi connectivity index (χ0) is 27.4. The van der Waals surface area contributed by atoms with E-state index in [2.05, 4.69) is 30.0 Å². The number of carbonyl (C=O) groups is 2. The van der Waals surface area contributed by atoms with Crippen LogP contribution in [0.3, 0.4) is 0 Å². The summed E-state index contributed by atoms with van der Waals surface area (Å²) in [5, 5.41) is 13.6. The number of benzene rings is 1. The largest absolute Gasteiger partial charge is 0.478 e. The first kappa shape index (κ1) is 28.1. The van der Waals surface area contributed by atoms with Crippen molar-refractivity contribution < 1.29 is 19.4 Å². The number of carbonyl (C=O) groups excluding carboxylic acids is 1. The molecule has 2 aromatic rings. The van der Waals surface area contributed by atoms with Crippen LogP contribution in [0.25, 0.3) is 0 Å². The SMILES string of the molecule is CC(C)n1cc(C2CC2N(CC2CCN(CCCc3ccc(C(=O)O)cc3)CC2)C(=O)OC(C)(C)C)cn1. The predicted octanol–water partition coefficient (Wildman–Crippen LogP) is 5.60. The zero-order valence-electron chi connectivity index (χ0n) is 23.6. The number of nitrogens with zero attached hydrogens (tertiary/aromatic N) is 4. The Kier molecular flexibility index (Phi) is 8.81. The van der Waals surface area contributed by atoms with Crippen molar-refractivity contribution in [2.75, 3.05) is 26.2 Å². The summed E-state index contributed by atoms with van der Waals surface area (Å²) in [5.41, 5.74) is 2.21. The van der Waals surface area contributed by atoms with Crippen molar-refractivity contribution >= 4 is 12.1 Å². The lowest BCUT2D eigenvalue weighted by Gasteiger charge is -2.35. The van der Waals surface area contributed by atoms with Gasteiger partial charge in [-0.1, -0.05) is 12.1 Å². The Balaban J connectivity index is 1.27. The molecule has 2 heterocycles. The third-order valence-corrected chi connectivity index (χ3v) is 7.67. The van der Waals surface area contributed by atoms with E-state index >= 15 is 0 Å². The summed E-state index contributed by atoms with van der Waals surface area (Å²) in [6.07, 6.45) is 9.01. The molecule has 0 radical (unpaired) electrons. The number of rotatable bonds is 10. The van der Waals surface area contributed by atoms with Crippen molar-refractivity contribution in [3.8, 4) is 0 Å². The van der Waals surface area contributed by atoms with Crippen LogP contribution in [-0.4, -0.2) is 74.6 Å². The smallest absolute Gasteiger partial charge is 0.410 e. The number of ether oxygens (including phenoxy) is 1. The Hall–Kier alpha value is -2.87. The maximum Gasteiger partial charge on any atom is 0.410 e. The fourth-order valence-electron chi connectivity index (χ4n) is 5.37. The minimum absolute atomic E-state index is 0.181. The molecule has 0 bridgehead atoms. The van der Waals surface area contributed by atoms with Crippen LogP contribution < -0.4 is 0 Å². The number of carboxylic acids is 1. The summed E-state index contributed by atoms with van der Waals surface area (Å²) >= 11 is 0. The molecule has 1 saturated carbocycles. The average molecular weight is 525 g/mol. The molecule has 8 heteroatoms. The molecule has 8 nitrogen and oxygen atoms in total. The lowest BCUT2D eigenvalue weighted by Crippen LogP contribution is -2.44. The van der Waals surface area contributed by atoms with Crippen molar-refractivity contribution in [1.29, 1.82) is 0 Å². The number of aryl methyl sites for hydroxylation is 1. The average Bonchev–Trinajstić information content (AvgIpc) is 3.47. The Morgan fingerprint density at radius 2 is 1.84 bits per heavy atom. The van der Waals surface area contributed by atoms with E-state index in [-0.39, 0.29) is 12.1 Å². The quantitative estimate of drug-likeness (QED) is 0.435. The number of hydrogen-bond acceptors (Lipinski definition) is 5. The standard InChI is InChI=1S/C30H44N4O4/c1-21(2)34-20-25(18-31-34)26-17-27(26)33(29(37)38-30(3,4)5)19-23-12-15-32(16-13-23)14-6-7-22-8-10-24(11-9-22)28(35)36/h8-11,18,20-21,23,26-27H,6-7,12-17,19H2,1-5H3,(H,35,36). The first-order chi connectivity index (χ1) is 18.0. The third-order valence-electron chi connectivity index (χ3n) is 7.67. The zero-order valence-corrected chi connectivity index (χ0v) is 23.6. The number of hydrogen-bond donors (Lipinski definition) is 1. The first-order valence-electron chi connectivity index (χ1n) is 14.1.